The van der Waals surface area contributed by atoms with E-state index in [1.54, 1.807) is 0 Å². The van der Waals surface area contributed by atoms with Gasteiger partial charge in [-0.25, -0.2) is 0 Å². The van der Waals surface area contributed by atoms with Crippen molar-refractivity contribution in [3.63, 3.8) is 0 Å². The first-order valence-electron chi connectivity index (χ1n) is 4.18. The molecule has 0 aromatic heterocycles. The van der Waals surface area contributed by atoms with Gasteiger partial charge in [0.05, 0.1) is 0 Å². The molecule has 1 aliphatic heterocycles. The Hall–Kier alpha value is 0.266. The molecule has 1 aromatic rings. The van der Waals surface area contributed by atoms with Crippen LogP contribution in [0.1, 0.15) is 12.8 Å². The van der Waals surface area contributed by atoms with Crippen LogP contribution in [0.25, 0.3) is 0 Å². The van der Waals surface area contributed by atoms with Crippen molar-refractivity contribution >= 4 is 28.7 Å². The van der Waals surface area contributed by atoms with Gasteiger partial charge < -0.3 is 21.9 Å². The summed E-state index contributed by atoms with van der Waals surface area (Å²) in [6, 6.07) is 11.2. The summed E-state index contributed by atoms with van der Waals surface area (Å²) in [6.45, 7) is 2.45. The molecule has 0 saturated carbocycles. The van der Waals surface area contributed by atoms with Crippen molar-refractivity contribution in [2.45, 2.75) is 12.8 Å². The number of halogens is 1. The topological polar surface area (TPSA) is 3.24 Å². The van der Waals surface area contributed by atoms with Crippen LogP contribution in [0.15, 0.2) is 24.3 Å². The standard InChI is InChI=1S/C10H12N.BrH.Mg/c1-2-6-10(7-3-1)11-8-4-5-9-11;;/h2-3,6-7H,4-5,8-9H2;1H;/q-1;;+2/p-1. The van der Waals surface area contributed by atoms with E-state index in [9.17, 15) is 0 Å². The van der Waals surface area contributed by atoms with E-state index in [0.29, 0.717) is 0 Å². The minimum Gasteiger partial charge on any atom is -1.00 e. The molecule has 2 rings (SSSR count). The Kier molecular flexibility index (Phi) is 6.82. The van der Waals surface area contributed by atoms with Crippen LogP contribution >= 0.6 is 0 Å². The molecule has 66 valence electrons. The van der Waals surface area contributed by atoms with Gasteiger partial charge in [-0.3, -0.25) is 0 Å². The summed E-state index contributed by atoms with van der Waals surface area (Å²) in [5.41, 5.74) is 1.35. The summed E-state index contributed by atoms with van der Waals surface area (Å²) in [5, 5.41) is 0. The van der Waals surface area contributed by atoms with E-state index < -0.39 is 0 Å². The van der Waals surface area contributed by atoms with Gasteiger partial charge in [-0.05, 0) is 12.8 Å². The minimum atomic E-state index is 0. The van der Waals surface area contributed by atoms with Gasteiger partial charge >= 0.3 is 23.1 Å². The Morgan fingerprint density at radius 2 is 1.62 bits per heavy atom. The smallest absolute Gasteiger partial charge is 1.00 e. The molecular formula is C10H12BrMgN. The number of anilines is 1. The predicted octanol–water partition coefficient (Wildman–Crippen LogP) is -1.29. The van der Waals surface area contributed by atoms with Crippen molar-refractivity contribution in [3.8, 4) is 0 Å². The Morgan fingerprint density at radius 3 is 2.15 bits per heavy atom. The van der Waals surface area contributed by atoms with Gasteiger partial charge in [0, 0.05) is 13.1 Å². The zero-order valence-corrected chi connectivity index (χ0v) is 10.7. The Morgan fingerprint density at radius 1 is 1.08 bits per heavy atom. The van der Waals surface area contributed by atoms with Crippen molar-refractivity contribution in [2.75, 3.05) is 18.0 Å². The van der Waals surface area contributed by atoms with Gasteiger partial charge in [-0.2, -0.15) is 18.2 Å². The number of rotatable bonds is 1. The number of hydrogen-bond donors (Lipinski definition) is 0. The first-order chi connectivity index (χ1) is 5.47. The average molecular weight is 250 g/mol. The Labute approximate surface area is 106 Å². The maximum absolute atomic E-state index is 3.03. The molecule has 1 heterocycles. The zero-order chi connectivity index (χ0) is 7.52. The van der Waals surface area contributed by atoms with E-state index in [-0.39, 0.29) is 40.0 Å². The Balaban J connectivity index is 0.000000720. The van der Waals surface area contributed by atoms with Crippen molar-refractivity contribution < 1.29 is 17.0 Å². The van der Waals surface area contributed by atoms with Crippen LogP contribution < -0.4 is 21.9 Å². The second kappa shape index (κ2) is 6.68. The fourth-order valence-corrected chi connectivity index (χ4v) is 1.56. The molecule has 0 amide bonds. The van der Waals surface area contributed by atoms with Gasteiger partial charge in [-0.1, -0.05) is 5.69 Å². The second-order valence-corrected chi connectivity index (χ2v) is 2.95. The van der Waals surface area contributed by atoms with Crippen molar-refractivity contribution in [3.05, 3.63) is 30.3 Å². The van der Waals surface area contributed by atoms with E-state index in [1.807, 2.05) is 12.1 Å². The molecule has 1 aliphatic rings. The second-order valence-electron chi connectivity index (χ2n) is 2.95. The summed E-state index contributed by atoms with van der Waals surface area (Å²) in [4.78, 5) is 2.42. The predicted molar refractivity (Wildman–Crippen MR) is 52.5 cm³/mol. The molecule has 0 radical (unpaired) electrons. The van der Waals surface area contributed by atoms with E-state index in [4.69, 9.17) is 0 Å². The number of hydrogen-bond acceptors (Lipinski definition) is 1. The Bertz CT molecular complexity index is 222. The first-order valence-corrected chi connectivity index (χ1v) is 4.18. The van der Waals surface area contributed by atoms with Crippen LogP contribution in [0.2, 0.25) is 0 Å². The van der Waals surface area contributed by atoms with Gasteiger partial charge in [0.1, 0.15) is 0 Å². The third kappa shape index (κ3) is 3.48. The fourth-order valence-electron chi connectivity index (χ4n) is 1.56. The van der Waals surface area contributed by atoms with Gasteiger partial charge in [-0.15, -0.1) is 12.1 Å². The first kappa shape index (κ1) is 13.3. The van der Waals surface area contributed by atoms with Crippen LogP contribution in [0.5, 0.6) is 0 Å². The summed E-state index contributed by atoms with van der Waals surface area (Å²) >= 11 is 0. The molecule has 1 aromatic carbocycles. The van der Waals surface area contributed by atoms with Crippen molar-refractivity contribution in [1.29, 1.82) is 0 Å². The molecule has 0 spiro atoms. The molecule has 3 heteroatoms. The zero-order valence-electron chi connectivity index (χ0n) is 7.67. The maximum Gasteiger partial charge on any atom is 2.00 e. The molecule has 0 aliphatic carbocycles. The molecule has 1 fully saturated rings. The fraction of sp³-hybridized carbons (Fsp3) is 0.400. The average Bonchev–Trinajstić information content (AvgIpc) is 2.58. The molecule has 0 unspecified atom stereocenters. The van der Waals surface area contributed by atoms with Crippen LogP contribution in [-0.2, 0) is 0 Å². The summed E-state index contributed by atoms with van der Waals surface area (Å²) in [7, 11) is 0. The summed E-state index contributed by atoms with van der Waals surface area (Å²) in [6.07, 6.45) is 2.69. The molecular weight excluding hydrogens is 238 g/mol. The van der Waals surface area contributed by atoms with Crippen LogP contribution in [0, 0.1) is 6.07 Å². The van der Waals surface area contributed by atoms with E-state index in [0.717, 1.165) is 0 Å². The summed E-state index contributed by atoms with van der Waals surface area (Å²) in [5.74, 6) is 0. The molecule has 0 atom stereocenters. The maximum atomic E-state index is 3.03. The largest absolute Gasteiger partial charge is 2.00 e. The van der Waals surface area contributed by atoms with E-state index in [2.05, 4.69) is 23.1 Å². The van der Waals surface area contributed by atoms with Crippen molar-refractivity contribution in [2.24, 2.45) is 0 Å². The van der Waals surface area contributed by atoms with Crippen molar-refractivity contribution in [1.82, 2.24) is 0 Å². The van der Waals surface area contributed by atoms with Gasteiger partial charge in [0.25, 0.3) is 0 Å². The monoisotopic (exact) mass is 249 g/mol. The third-order valence-corrected chi connectivity index (χ3v) is 2.17. The molecule has 1 saturated heterocycles. The summed E-state index contributed by atoms with van der Waals surface area (Å²) < 4.78 is 0. The van der Waals surface area contributed by atoms with E-state index >= 15 is 0 Å². The van der Waals surface area contributed by atoms with Crippen LogP contribution in [0.4, 0.5) is 5.69 Å². The molecule has 0 N–H and O–H groups in total. The quantitative estimate of drug-likeness (QED) is 0.443. The SMILES string of the molecule is [Br-].[Mg+2].[c-]1ccc(N2CCCC2)cc1. The van der Waals surface area contributed by atoms with Crippen LogP contribution in [0.3, 0.4) is 0 Å². The molecule has 13 heavy (non-hydrogen) atoms. The number of benzene rings is 1. The molecule has 1 nitrogen and oxygen atoms in total. The minimum absolute atomic E-state index is 0. The van der Waals surface area contributed by atoms with E-state index in [1.165, 1.54) is 31.6 Å². The van der Waals surface area contributed by atoms with Gasteiger partial charge in [0.2, 0.25) is 0 Å². The molecule has 0 bridgehead atoms. The van der Waals surface area contributed by atoms with Gasteiger partial charge in [0.15, 0.2) is 0 Å². The van der Waals surface area contributed by atoms with Crippen LogP contribution in [-0.4, -0.2) is 36.1 Å². The third-order valence-electron chi connectivity index (χ3n) is 2.17. The number of nitrogens with zero attached hydrogens (tertiary/aromatic N) is 1. The normalized spacial score (nSPS) is 14.6.